The van der Waals surface area contributed by atoms with E-state index in [0.717, 1.165) is 4.90 Å². The molecule has 1 heterocycles. The van der Waals surface area contributed by atoms with E-state index in [2.05, 4.69) is 10.6 Å². The maximum Gasteiger partial charge on any atom is 0.409 e. The second-order valence-electron chi connectivity index (χ2n) is 8.28. The molecule has 1 fully saturated rings. The second-order valence-corrected chi connectivity index (χ2v) is 10.7. The summed E-state index contributed by atoms with van der Waals surface area (Å²) in [5.74, 6) is -2.19. The number of nitrogens with zero attached hydrogens (tertiary/aromatic N) is 1. The van der Waals surface area contributed by atoms with E-state index in [9.17, 15) is 29.4 Å². The Balaban J connectivity index is 1.67. The smallest absolute Gasteiger partial charge is 0.409 e. The molecule has 0 aliphatic carbocycles. The molecule has 12 heteroatoms. The van der Waals surface area contributed by atoms with Crippen LogP contribution < -0.4 is 10.6 Å². The lowest BCUT2D eigenvalue weighted by Gasteiger charge is -2.31. The van der Waals surface area contributed by atoms with Crippen molar-refractivity contribution in [3.63, 3.8) is 0 Å². The van der Waals surface area contributed by atoms with Crippen molar-refractivity contribution < 1.29 is 29.4 Å². The molecule has 0 saturated carbocycles. The number of amides is 3. The fourth-order valence-electron chi connectivity index (χ4n) is 3.70. The molecule has 0 unspecified atom stereocenters. The maximum absolute atomic E-state index is 12.8. The van der Waals surface area contributed by atoms with E-state index in [1.165, 1.54) is 11.8 Å². The van der Waals surface area contributed by atoms with E-state index in [-0.39, 0.29) is 27.8 Å². The zero-order chi connectivity index (χ0) is 25.9. The van der Waals surface area contributed by atoms with Crippen LogP contribution >= 0.6 is 35.0 Å². The minimum absolute atomic E-state index is 0.0397. The van der Waals surface area contributed by atoms with Gasteiger partial charge in [0.05, 0.1) is 20.5 Å². The Hall–Kier alpha value is -2.95. The third-order valence-electron chi connectivity index (χ3n) is 5.45. The van der Waals surface area contributed by atoms with Gasteiger partial charge in [0.15, 0.2) is 0 Å². The zero-order valence-corrected chi connectivity index (χ0v) is 21.1. The molecule has 2 aromatic carbocycles. The number of carbonyl (C=O) groups is 4. The Kier molecular flexibility index (Phi) is 8.19. The molecule has 4 N–H and O–H groups in total. The van der Waals surface area contributed by atoms with Gasteiger partial charge in [0.2, 0.25) is 5.91 Å². The number of thioether (sulfide) groups is 1. The average Bonchev–Trinajstić information content (AvgIpc) is 3.09. The summed E-state index contributed by atoms with van der Waals surface area (Å²) >= 11 is 13.4. The van der Waals surface area contributed by atoms with Crippen LogP contribution in [0.15, 0.2) is 42.5 Å². The molecule has 0 radical (unpaired) electrons. The van der Waals surface area contributed by atoms with Gasteiger partial charge in [-0.1, -0.05) is 41.4 Å². The van der Waals surface area contributed by atoms with Gasteiger partial charge >= 0.3 is 12.1 Å². The van der Waals surface area contributed by atoms with E-state index in [4.69, 9.17) is 23.2 Å². The number of carbonyl (C=O) groups excluding carboxylic acids is 2. The number of aliphatic carboxylic acids is 1. The Labute approximate surface area is 215 Å². The largest absolute Gasteiger partial charge is 0.480 e. The monoisotopic (exact) mass is 539 g/mol. The predicted octanol–water partition coefficient (Wildman–Crippen LogP) is 4.19. The molecule has 35 heavy (non-hydrogen) atoms. The van der Waals surface area contributed by atoms with Crippen LogP contribution in [0.4, 0.5) is 10.5 Å². The standard InChI is InChI=1S/C23H23Cl2N3O6S/c1-23(2)28(22(33)34)17(11-35-23)19(29)27-16(21(31)32)10-12-6-8-13(9-7-12)26-20(30)18-14(24)4-3-5-15(18)25/h3-9,16-17H,10-11H2,1-2H3,(H,26,30)(H,27,29)(H,31,32)(H,33,34)/t16-,17-/m1/s1. The molecular weight excluding hydrogens is 517 g/mol. The summed E-state index contributed by atoms with van der Waals surface area (Å²) < 4.78 is 0. The maximum atomic E-state index is 12.8. The molecular formula is C23H23Cl2N3O6S. The van der Waals surface area contributed by atoms with E-state index in [0.29, 0.717) is 11.3 Å². The van der Waals surface area contributed by atoms with Gasteiger partial charge in [-0.15, -0.1) is 11.8 Å². The minimum Gasteiger partial charge on any atom is -0.480 e. The first kappa shape index (κ1) is 26.7. The molecule has 9 nitrogen and oxygen atoms in total. The number of anilines is 1. The van der Waals surface area contributed by atoms with Crippen molar-refractivity contribution in [3.8, 4) is 0 Å². The first-order valence-corrected chi connectivity index (χ1v) is 12.2. The molecule has 3 rings (SSSR count). The molecule has 2 atom stereocenters. The molecule has 0 bridgehead atoms. The second kappa shape index (κ2) is 10.8. The molecule has 1 saturated heterocycles. The highest BCUT2D eigenvalue weighted by Gasteiger charge is 2.47. The van der Waals surface area contributed by atoms with Crippen molar-refractivity contribution >= 4 is 64.5 Å². The van der Waals surface area contributed by atoms with Crippen molar-refractivity contribution in [2.45, 2.75) is 37.2 Å². The van der Waals surface area contributed by atoms with E-state index in [1.807, 2.05) is 0 Å². The van der Waals surface area contributed by atoms with Crippen molar-refractivity contribution in [2.24, 2.45) is 0 Å². The van der Waals surface area contributed by atoms with Crippen LogP contribution in [0.2, 0.25) is 10.0 Å². The number of hydrogen-bond acceptors (Lipinski definition) is 5. The van der Waals surface area contributed by atoms with Gasteiger partial charge in [-0.05, 0) is 43.7 Å². The van der Waals surface area contributed by atoms with Gasteiger partial charge in [-0.3, -0.25) is 14.5 Å². The molecule has 0 aromatic heterocycles. The molecule has 0 spiro atoms. The highest BCUT2D eigenvalue weighted by molar-refractivity contribution is 8.00. The average molecular weight is 540 g/mol. The normalized spacial score (nSPS) is 17.5. The van der Waals surface area contributed by atoms with Gasteiger partial charge < -0.3 is 20.8 Å². The summed E-state index contributed by atoms with van der Waals surface area (Å²) in [5.41, 5.74) is 1.16. The van der Waals surface area contributed by atoms with Gasteiger partial charge in [0.25, 0.3) is 5.91 Å². The van der Waals surface area contributed by atoms with E-state index >= 15 is 0 Å². The van der Waals surface area contributed by atoms with Crippen molar-refractivity contribution in [3.05, 3.63) is 63.6 Å². The number of carboxylic acid groups (broad SMARTS) is 2. The summed E-state index contributed by atoms with van der Waals surface area (Å²) in [4.78, 5) is 49.0. The van der Waals surface area contributed by atoms with Gasteiger partial charge in [-0.25, -0.2) is 9.59 Å². The summed E-state index contributed by atoms with van der Waals surface area (Å²) in [6.07, 6.45) is -1.29. The molecule has 1 aliphatic rings. The first-order chi connectivity index (χ1) is 16.4. The predicted molar refractivity (Wildman–Crippen MR) is 134 cm³/mol. The molecule has 3 amide bonds. The van der Waals surface area contributed by atoms with Crippen molar-refractivity contribution in [2.75, 3.05) is 11.1 Å². The zero-order valence-electron chi connectivity index (χ0n) is 18.7. The quantitative estimate of drug-likeness (QED) is 0.414. The van der Waals surface area contributed by atoms with Crippen molar-refractivity contribution in [1.29, 1.82) is 0 Å². The fourth-order valence-corrected chi connectivity index (χ4v) is 5.47. The van der Waals surface area contributed by atoms with Crippen LogP contribution in [0.25, 0.3) is 0 Å². The Morgan fingerprint density at radius 3 is 2.23 bits per heavy atom. The van der Waals surface area contributed by atoms with Crippen LogP contribution in [0.5, 0.6) is 0 Å². The number of rotatable bonds is 7. The van der Waals surface area contributed by atoms with E-state index in [1.54, 1.807) is 56.3 Å². The minimum atomic E-state index is -1.27. The number of carboxylic acids is 1. The summed E-state index contributed by atoms with van der Waals surface area (Å²) in [6, 6.07) is 8.85. The highest BCUT2D eigenvalue weighted by atomic mass is 35.5. The lowest BCUT2D eigenvalue weighted by molar-refractivity contribution is -0.142. The van der Waals surface area contributed by atoms with Crippen LogP contribution in [0, 0.1) is 0 Å². The Morgan fingerprint density at radius 1 is 1.09 bits per heavy atom. The van der Waals surface area contributed by atoms with E-state index < -0.39 is 40.8 Å². The summed E-state index contributed by atoms with van der Waals surface area (Å²) in [6.45, 7) is 3.38. The lowest BCUT2D eigenvalue weighted by atomic mass is 10.0. The third-order valence-corrected chi connectivity index (χ3v) is 7.47. The number of hydrogen-bond donors (Lipinski definition) is 4. The van der Waals surface area contributed by atoms with Crippen LogP contribution in [0.1, 0.15) is 29.8 Å². The summed E-state index contributed by atoms with van der Waals surface area (Å²) in [5, 5.41) is 24.7. The number of halogens is 2. The SMILES string of the molecule is CC1(C)SC[C@H](C(=O)N[C@H](Cc2ccc(NC(=O)c3c(Cl)cccc3Cl)cc2)C(=O)O)N1C(=O)O. The summed E-state index contributed by atoms with van der Waals surface area (Å²) in [7, 11) is 0. The Bertz CT molecular complexity index is 1140. The topological polar surface area (TPSA) is 136 Å². The fraction of sp³-hybridized carbons (Fsp3) is 0.304. The van der Waals surface area contributed by atoms with Crippen LogP contribution in [-0.4, -0.2) is 61.7 Å². The number of benzene rings is 2. The van der Waals surface area contributed by atoms with Crippen LogP contribution in [0.3, 0.4) is 0 Å². The van der Waals surface area contributed by atoms with Crippen LogP contribution in [-0.2, 0) is 16.0 Å². The number of nitrogens with one attached hydrogen (secondary N) is 2. The van der Waals surface area contributed by atoms with Crippen molar-refractivity contribution in [1.82, 2.24) is 10.2 Å². The Morgan fingerprint density at radius 2 is 1.69 bits per heavy atom. The van der Waals surface area contributed by atoms with Gasteiger partial charge in [0.1, 0.15) is 12.1 Å². The molecule has 1 aliphatic heterocycles. The first-order valence-electron chi connectivity index (χ1n) is 10.4. The lowest BCUT2D eigenvalue weighted by Crippen LogP contribution is -2.55. The molecule has 186 valence electrons. The van der Waals surface area contributed by atoms with Gasteiger partial charge in [-0.2, -0.15) is 0 Å². The molecule has 2 aromatic rings. The highest BCUT2D eigenvalue weighted by Crippen LogP contribution is 2.38. The van der Waals surface area contributed by atoms with Gasteiger partial charge in [0, 0.05) is 17.9 Å². The third kappa shape index (κ3) is 6.19.